The molecule has 1 unspecified atom stereocenters. The van der Waals surface area contributed by atoms with Gasteiger partial charge in [0.2, 0.25) is 0 Å². The van der Waals surface area contributed by atoms with E-state index in [-0.39, 0.29) is 56.3 Å². The predicted octanol–water partition coefficient (Wildman–Crippen LogP) is 14.1. The summed E-state index contributed by atoms with van der Waals surface area (Å²) in [4.78, 5) is 55.7. The van der Waals surface area contributed by atoms with Crippen LogP contribution in [-0.4, -0.2) is 86.5 Å². The summed E-state index contributed by atoms with van der Waals surface area (Å²) in [5.41, 5.74) is 0. The van der Waals surface area contributed by atoms with Crippen molar-refractivity contribution in [1.29, 1.82) is 0 Å². The normalized spacial score (nSPS) is 18.4. The first-order chi connectivity index (χ1) is 31.8. The van der Waals surface area contributed by atoms with Crippen molar-refractivity contribution in [3.63, 3.8) is 0 Å². The molecule has 2 saturated heterocycles. The Morgan fingerprint density at radius 3 is 1.25 bits per heavy atom. The molecule has 10 nitrogen and oxygen atoms in total. The van der Waals surface area contributed by atoms with E-state index in [2.05, 4.69) is 25.7 Å². The number of hydrogen-bond donors (Lipinski definition) is 0. The Labute approximate surface area is 398 Å². The number of carbonyl (C=O) groups is 4. The summed E-state index contributed by atoms with van der Waals surface area (Å²) in [6, 6.07) is 0. The molecule has 0 bridgehead atoms. The van der Waals surface area contributed by atoms with E-state index >= 15 is 0 Å². The lowest BCUT2D eigenvalue weighted by atomic mass is 9.97. The van der Waals surface area contributed by atoms with Crippen molar-refractivity contribution in [2.75, 3.05) is 33.4 Å². The van der Waals surface area contributed by atoms with E-state index in [9.17, 15) is 19.2 Å². The second-order valence-corrected chi connectivity index (χ2v) is 19.9. The fraction of sp³-hybridized carbons (Fsp3) is 0.927. The molecular weight excluding hydrogens is 819 g/mol. The summed E-state index contributed by atoms with van der Waals surface area (Å²) >= 11 is 0. The third kappa shape index (κ3) is 30.7. The quantitative estimate of drug-likeness (QED) is 0.0332. The van der Waals surface area contributed by atoms with Gasteiger partial charge in [-0.1, -0.05) is 213 Å². The Kier molecular flexibility index (Phi) is 37.0. The molecule has 0 amide bonds. The first-order valence-corrected chi connectivity index (χ1v) is 27.8. The Bertz CT molecular complexity index is 1170. The van der Waals surface area contributed by atoms with E-state index in [4.69, 9.17) is 23.7 Å². The molecule has 65 heavy (non-hydrogen) atoms. The maximum atomic E-state index is 13.5. The van der Waals surface area contributed by atoms with Crippen molar-refractivity contribution in [2.45, 2.75) is 289 Å². The van der Waals surface area contributed by atoms with Crippen molar-refractivity contribution in [3.05, 3.63) is 0 Å². The standard InChI is InChI=1S/C55H101NO9/c1-5-8-11-14-17-20-23-26-29-32-35-38-50(57)63-48(46-62-55(60)47-41-43-56(4)44-42-47)53-54(65-52(59)40-37-34-31-28-25-22-19-16-13-10-7-3)49(45-61-53)64-51(58)39-36-33-30-27-24-21-18-15-12-9-6-2/h47-49,53-54H,5-46H2,1-4H3/t48-,49+,53?,54-/m1/s1. The summed E-state index contributed by atoms with van der Waals surface area (Å²) < 4.78 is 30.3. The molecule has 0 aromatic heterocycles. The van der Waals surface area contributed by atoms with Crippen LogP contribution in [0.1, 0.15) is 265 Å². The fourth-order valence-electron chi connectivity index (χ4n) is 9.36. The molecule has 380 valence electrons. The molecule has 2 fully saturated rings. The molecule has 2 aliphatic heterocycles. The minimum Gasteiger partial charge on any atom is -0.461 e. The number of hydrogen-bond acceptors (Lipinski definition) is 10. The first kappa shape index (κ1) is 58.9. The highest BCUT2D eigenvalue weighted by molar-refractivity contribution is 5.73. The van der Waals surface area contributed by atoms with Gasteiger partial charge in [0.15, 0.2) is 18.3 Å². The molecule has 2 aliphatic rings. The highest BCUT2D eigenvalue weighted by atomic mass is 16.7. The third-order valence-corrected chi connectivity index (χ3v) is 13.7. The van der Waals surface area contributed by atoms with Gasteiger partial charge in [-0.2, -0.15) is 0 Å². The number of unbranched alkanes of at least 4 members (excludes halogenated alkanes) is 30. The monoisotopic (exact) mass is 920 g/mol. The maximum absolute atomic E-state index is 13.5. The van der Waals surface area contributed by atoms with Gasteiger partial charge >= 0.3 is 23.9 Å². The van der Waals surface area contributed by atoms with Crippen LogP contribution >= 0.6 is 0 Å². The molecule has 0 N–H and O–H groups in total. The summed E-state index contributed by atoms with van der Waals surface area (Å²) in [5, 5.41) is 0. The number of ether oxygens (including phenoxy) is 5. The van der Waals surface area contributed by atoms with Crippen LogP contribution in [0.5, 0.6) is 0 Å². The van der Waals surface area contributed by atoms with Crippen LogP contribution in [0.15, 0.2) is 0 Å². The molecule has 0 aromatic rings. The third-order valence-electron chi connectivity index (χ3n) is 13.7. The van der Waals surface area contributed by atoms with Crippen molar-refractivity contribution >= 4 is 23.9 Å². The number of nitrogens with zero attached hydrogens (tertiary/aromatic N) is 1. The van der Waals surface area contributed by atoms with E-state index in [0.717, 1.165) is 58.0 Å². The lowest BCUT2D eigenvalue weighted by Crippen LogP contribution is -2.47. The van der Waals surface area contributed by atoms with Crippen molar-refractivity contribution < 1.29 is 42.9 Å². The average Bonchev–Trinajstić information content (AvgIpc) is 3.68. The lowest BCUT2D eigenvalue weighted by Gasteiger charge is -2.30. The molecule has 4 atom stereocenters. The van der Waals surface area contributed by atoms with Gasteiger partial charge in [-0.15, -0.1) is 0 Å². The number of rotatable bonds is 43. The second kappa shape index (κ2) is 40.8. The van der Waals surface area contributed by atoms with E-state index < -0.39 is 30.4 Å². The highest BCUT2D eigenvalue weighted by Crippen LogP contribution is 2.28. The van der Waals surface area contributed by atoms with Crippen molar-refractivity contribution in [2.24, 2.45) is 5.92 Å². The van der Waals surface area contributed by atoms with Gasteiger partial charge in [-0.3, -0.25) is 19.2 Å². The summed E-state index contributed by atoms with van der Waals surface area (Å²) in [6.07, 6.45) is 37.3. The molecular formula is C55H101NO9. The van der Waals surface area contributed by atoms with Crippen LogP contribution < -0.4 is 0 Å². The van der Waals surface area contributed by atoms with E-state index in [1.54, 1.807) is 0 Å². The number of esters is 4. The maximum Gasteiger partial charge on any atom is 0.309 e. The lowest BCUT2D eigenvalue weighted by molar-refractivity contribution is -0.180. The summed E-state index contributed by atoms with van der Waals surface area (Å²) in [5.74, 6) is -1.68. The highest BCUT2D eigenvalue weighted by Gasteiger charge is 2.48. The van der Waals surface area contributed by atoms with Crippen LogP contribution in [0.25, 0.3) is 0 Å². The van der Waals surface area contributed by atoms with Crippen molar-refractivity contribution in [3.8, 4) is 0 Å². The SMILES string of the molecule is CCCCCCCCCCCCCC(=O)O[C@H]1COC([C@@H](COC(=O)C2CCN(C)CC2)OC(=O)CCCCCCCCCCCCC)[C@@H]1OC(=O)CCCCCCCCCCCCC. The second-order valence-electron chi connectivity index (χ2n) is 19.9. The topological polar surface area (TPSA) is 118 Å². The van der Waals surface area contributed by atoms with Gasteiger partial charge < -0.3 is 28.6 Å². The fourth-order valence-corrected chi connectivity index (χ4v) is 9.36. The van der Waals surface area contributed by atoms with Gasteiger partial charge in [-0.05, 0) is 52.2 Å². The molecule has 0 saturated carbocycles. The van der Waals surface area contributed by atoms with E-state index in [0.29, 0.717) is 25.7 Å². The predicted molar refractivity (Wildman–Crippen MR) is 264 cm³/mol. The zero-order chi connectivity index (χ0) is 47.0. The van der Waals surface area contributed by atoms with Crippen molar-refractivity contribution in [1.82, 2.24) is 4.90 Å². The van der Waals surface area contributed by atoms with Gasteiger partial charge in [-0.25, -0.2) is 0 Å². The van der Waals surface area contributed by atoms with Gasteiger partial charge in [0.05, 0.1) is 12.5 Å². The van der Waals surface area contributed by atoms with Gasteiger partial charge in [0, 0.05) is 19.3 Å². The van der Waals surface area contributed by atoms with E-state index in [1.807, 2.05) is 7.05 Å². The average molecular weight is 920 g/mol. The van der Waals surface area contributed by atoms with Gasteiger partial charge in [0.25, 0.3) is 0 Å². The molecule has 2 heterocycles. The summed E-state index contributed by atoms with van der Waals surface area (Å²) in [6.45, 7) is 8.14. The Balaban J connectivity index is 2.01. The zero-order valence-corrected chi connectivity index (χ0v) is 42.7. The molecule has 0 aliphatic carbocycles. The Morgan fingerprint density at radius 2 is 0.846 bits per heavy atom. The molecule has 2 rings (SSSR count). The first-order valence-electron chi connectivity index (χ1n) is 27.8. The molecule has 0 radical (unpaired) electrons. The van der Waals surface area contributed by atoms with Crippen LogP contribution in [0.2, 0.25) is 0 Å². The molecule has 0 spiro atoms. The van der Waals surface area contributed by atoms with Crippen LogP contribution in [0.4, 0.5) is 0 Å². The van der Waals surface area contributed by atoms with Crippen LogP contribution in [0, 0.1) is 5.92 Å². The molecule has 0 aromatic carbocycles. The molecule has 10 heteroatoms. The number of carbonyl (C=O) groups excluding carboxylic acids is 4. The Morgan fingerprint density at radius 1 is 0.492 bits per heavy atom. The minimum absolute atomic E-state index is 0.000609. The minimum atomic E-state index is -1.01. The Hall–Kier alpha value is -2.20. The number of likely N-dealkylation sites (tertiary alicyclic amines) is 1. The van der Waals surface area contributed by atoms with Gasteiger partial charge in [0.1, 0.15) is 12.7 Å². The van der Waals surface area contributed by atoms with E-state index in [1.165, 1.54) is 154 Å². The van der Waals surface area contributed by atoms with Crippen LogP contribution in [-0.2, 0) is 42.9 Å². The number of piperidine rings is 1. The summed E-state index contributed by atoms with van der Waals surface area (Å²) in [7, 11) is 2.05. The zero-order valence-electron chi connectivity index (χ0n) is 42.7. The van der Waals surface area contributed by atoms with Crippen LogP contribution in [0.3, 0.4) is 0 Å². The largest absolute Gasteiger partial charge is 0.461 e. The smallest absolute Gasteiger partial charge is 0.309 e.